The fraction of sp³-hybridized carbons (Fsp3) is 0.190. The number of benzene rings is 2. The van der Waals surface area contributed by atoms with E-state index in [9.17, 15) is 9.18 Å². The fourth-order valence-corrected chi connectivity index (χ4v) is 3.52. The van der Waals surface area contributed by atoms with E-state index in [1.54, 1.807) is 12.1 Å². The van der Waals surface area contributed by atoms with Crippen molar-refractivity contribution in [2.45, 2.75) is 19.5 Å². The Hall–Kier alpha value is -3.08. The third kappa shape index (κ3) is 3.08. The molecule has 0 aliphatic carbocycles. The maximum atomic E-state index is 13.4. The molecule has 4 rings (SSSR count). The zero-order valence-electron chi connectivity index (χ0n) is 14.5. The molecular formula is C21H20FN3O. The number of amides is 2. The van der Waals surface area contributed by atoms with E-state index in [0.717, 1.165) is 29.1 Å². The van der Waals surface area contributed by atoms with Crippen LogP contribution in [0.2, 0.25) is 0 Å². The maximum Gasteiger partial charge on any atom is 0.322 e. The number of hydrogen-bond acceptors (Lipinski definition) is 1. The minimum absolute atomic E-state index is 0.155. The summed E-state index contributed by atoms with van der Waals surface area (Å²) in [5.41, 5.74) is 3.78. The molecule has 2 heterocycles. The number of halogens is 1. The normalized spacial score (nSPS) is 16.2. The highest BCUT2D eigenvalue weighted by Gasteiger charge is 2.32. The Morgan fingerprint density at radius 1 is 1.08 bits per heavy atom. The van der Waals surface area contributed by atoms with Gasteiger partial charge >= 0.3 is 6.03 Å². The molecule has 4 nitrogen and oxygen atoms in total. The molecule has 0 fully saturated rings. The van der Waals surface area contributed by atoms with Crippen molar-refractivity contribution in [2.24, 2.45) is 0 Å². The molecule has 2 amide bonds. The Labute approximate surface area is 151 Å². The number of hydrogen-bond donors (Lipinski definition) is 1. The van der Waals surface area contributed by atoms with Crippen LogP contribution in [0.5, 0.6) is 0 Å². The Morgan fingerprint density at radius 2 is 1.88 bits per heavy atom. The second-order valence-electron chi connectivity index (χ2n) is 6.57. The van der Waals surface area contributed by atoms with Crippen molar-refractivity contribution in [2.75, 3.05) is 11.9 Å². The number of anilines is 1. The lowest BCUT2D eigenvalue weighted by Gasteiger charge is -2.37. The number of carbonyl (C=O) groups is 1. The number of aryl methyl sites for hydroxylation is 1. The molecule has 0 saturated heterocycles. The number of urea groups is 1. The first kappa shape index (κ1) is 16.4. The van der Waals surface area contributed by atoms with Crippen molar-refractivity contribution in [3.63, 3.8) is 0 Å². The second kappa shape index (κ2) is 6.67. The molecule has 1 aromatic heterocycles. The van der Waals surface area contributed by atoms with Crippen LogP contribution in [-0.4, -0.2) is 22.0 Å². The van der Waals surface area contributed by atoms with Gasteiger partial charge in [0.15, 0.2) is 0 Å². The van der Waals surface area contributed by atoms with E-state index < -0.39 is 0 Å². The van der Waals surface area contributed by atoms with E-state index in [1.807, 2.05) is 54.4 Å². The topological polar surface area (TPSA) is 37.3 Å². The number of nitrogens with one attached hydrogen (secondary N) is 1. The smallest absolute Gasteiger partial charge is 0.322 e. The van der Waals surface area contributed by atoms with Crippen molar-refractivity contribution >= 4 is 11.7 Å². The summed E-state index contributed by atoms with van der Waals surface area (Å²) in [5.74, 6) is -0.282. The zero-order chi connectivity index (χ0) is 18.1. The third-order valence-electron chi connectivity index (χ3n) is 4.75. The van der Waals surface area contributed by atoms with Crippen molar-refractivity contribution < 1.29 is 9.18 Å². The molecule has 1 aliphatic rings. The van der Waals surface area contributed by atoms with Gasteiger partial charge in [0.1, 0.15) is 5.82 Å². The van der Waals surface area contributed by atoms with Crippen molar-refractivity contribution in [1.82, 2.24) is 9.47 Å². The molecule has 0 spiro atoms. The lowest BCUT2D eigenvalue weighted by atomic mass is 10.0. The minimum atomic E-state index is -0.282. The van der Waals surface area contributed by atoms with Crippen molar-refractivity contribution in [1.29, 1.82) is 0 Å². The van der Waals surface area contributed by atoms with Gasteiger partial charge in [0.05, 0.1) is 6.04 Å². The average molecular weight is 349 g/mol. The number of carbonyl (C=O) groups excluding carboxylic acids is 1. The zero-order valence-corrected chi connectivity index (χ0v) is 14.5. The quantitative estimate of drug-likeness (QED) is 0.723. The Bertz CT molecular complexity index is 932. The van der Waals surface area contributed by atoms with Crippen LogP contribution in [0.4, 0.5) is 14.9 Å². The molecule has 1 N–H and O–H groups in total. The van der Waals surface area contributed by atoms with Gasteiger partial charge in [-0.05, 0) is 54.4 Å². The molecule has 2 aromatic carbocycles. The summed E-state index contributed by atoms with van der Waals surface area (Å²) < 4.78 is 15.5. The highest BCUT2D eigenvalue weighted by molar-refractivity contribution is 5.90. The molecular weight excluding hydrogens is 329 g/mol. The summed E-state index contributed by atoms with van der Waals surface area (Å²) in [6.45, 7) is 3.31. The SMILES string of the molecule is Cc1cccc(NC(=O)N2CCn3cccc3[C@@H]2c2ccc(F)cc2)c1. The third-order valence-corrected chi connectivity index (χ3v) is 4.75. The van der Waals surface area contributed by atoms with Gasteiger partial charge in [-0.1, -0.05) is 24.3 Å². The Kier molecular flexibility index (Phi) is 4.21. The molecule has 1 aliphatic heterocycles. The summed E-state index contributed by atoms with van der Waals surface area (Å²) >= 11 is 0. The van der Waals surface area contributed by atoms with Gasteiger partial charge < -0.3 is 14.8 Å². The second-order valence-corrected chi connectivity index (χ2v) is 6.57. The van der Waals surface area contributed by atoms with E-state index in [1.165, 1.54) is 12.1 Å². The van der Waals surface area contributed by atoms with E-state index in [4.69, 9.17) is 0 Å². The van der Waals surface area contributed by atoms with Crippen LogP contribution < -0.4 is 5.32 Å². The number of aromatic nitrogens is 1. The number of fused-ring (bicyclic) bond motifs is 1. The largest absolute Gasteiger partial charge is 0.348 e. The van der Waals surface area contributed by atoms with Gasteiger partial charge in [-0.25, -0.2) is 9.18 Å². The molecule has 0 bridgehead atoms. The standard InChI is InChI=1S/C21H20FN3O/c1-15-4-2-5-18(14-15)23-21(26)25-13-12-24-11-3-6-19(24)20(25)16-7-9-17(22)10-8-16/h2-11,14,20H,12-13H2,1H3,(H,23,26)/t20-/m0/s1. The fourth-order valence-electron chi connectivity index (χ4n) is 3.52. The lowest BCUT2D eigenvalue weighted by Crippen LogP contribution is -2.44. The first-order chi connectivity index (χ1) is 12.6. The van der Waals surface area contributed by atoms with Crippen LogP contribution in [0.15, 0.2) is 66.9 Å². The number of rotatable bonds is 2. The van der Waals surface area contributed by atoms with Crippen LogP contribution in [0.1, 0.15) is 22.9 Å². The van der Waals surface area contributed by atoms with Crippen molar-refractivity contribution in [3.05, 3.63) is 89.5 Å². The Morgan fingerprint density at radius 3 is 2.65 bits per heavy atom. The van der Waals surface area contributed by atoms with Gasteiger partial charge in [0, 0.05) is 30.7 Å². The first-order valence-corrected chi connectivity index (χ1v) is 8.66. The van der Waals surface area contributed by atoms with Gasteiger partial charge in [0.25, 0.3) is 0 Å². The highest BCUT2D eigenvalue weighted by Crippen LogP contribution is 2.33. The molecule has 0 unspecified atom stereocenters. The summed E-state index contributed by atoms with van der Waals surface area (Å²) in [6.07, 6.45) is 2.02. The molecule has 0 radical (unpaired) electrons. The number of nitrogens with zero attached hydrogens (tertiary/aromatic N) is 2. The maximum absolute atomic E-state index is 13.4. The van der Waals surface area contributed by atoms with Gasteiger partial charge in [-0.3, -0.25) is 0 Å². The molecule has 3 aromatic rings. The molecule has 26 heavy (non-hydrogen) atoms. The average Bonchev–Trinajstić information content (AvgIpc) is 3.10. The summed E-state index contributed by atoms with van der Waals surface area (Å²) in [5, 5.41) is 2.99. The summed E-state index contributed by atoms with van der Waals surface area (Å²) in [6, 6.07) is 17.7. The predicted molar refractivity (Wildman–Crippen MR) is 99.6 cm³/mol. The van der Waals surface area contributed by atoms with E-state index in [-0.39, 0.29) is 17.9 Å². The van der Waals surface area contributed by atoms with Gasteiger partial charge in [0.2, 0.25) is 0 Å². The van der Waals surface area contributed by atoms with Crippen molar-refractivity contribution in [3.8, 4) is 0 Å². The first-order valence-electron chi connectivity index (χ1n) is 8.66. The van der Waals surface area contributed by atoms with Gasteiger partial charge in [-0.15, -0.1) is 0 Å². The monoisotopic (exact) mass is 349 g/mol. The van der Waals surface area contributed by atoms with Crippen LogP contribution in [0.3, 0.4) is 0 Å². The van der Waals surface area contributed by atoms with Crippen LogP contribution in [-0.2, 0) is 6.54 Å². The van der Waals surface area contributed by atoms with E-state index >= 15 is 0 Å². The Balaban J connectivity index is 1.67. The van der Waals surface area contributed by atoms with Crippen LogP contribution >= 0.6 is 0 Å². The van der Waals surface area contributed by atoms with Gasteiger partial charge in [-0.2, -0.15) is 0 Å². The lowest BCUT2D eigenvalue weighted by molar-refractivity contribution is 0.182. The highest BCUT2D eigenvalue weighted by atomic mass is 19.1. The van der Waals surface area contributed by atoms with Crippen LogP contribution in [0.25, 0.3) is 0 Å². The minimum Gasteiger partial charge on any atom is -0.348 e. The predicted octanol–water partition coefficient (Wildman–Crippen LogP) is 4.57. The van der Waals surface area contributed by atoms with Crippen LogP contribution in [0, 0.1) is 12.7 Å². The van der Waals surface area contributed by atoms with E-state index in [2.05, 4.69) is 9.88 Å². The summed E-state index contributed by atoms with van der Waals surface area (Å²) in [7, 11) is 0. The molecule has 1 atom stereocenters. The molecule has 5 heteroatoms. The molecule has 132 valence electrons. The molecule has 0 saturated carbocycles. The van der Waals surface area contributed by atoms with E-state index in [0.29, 0.717) is 6.54 Å². The summed E-state index contributed by atoms with van der Waals surface area (Å²) in [4.78, 5) is 14.8.